The van der Waals surface area contributed by atoms with E-state index >= 15 is 0 Å². The van der Waals surface area contributed by atoms with E-state index in [2.05, 4.69) is 5.32 Å². The maximum atomic E-state index is 12.3. The topological polar surface area (TPSA) is 52.6 Å². The molecule has 2 N–H and O–H groups in total. The van der Waals surface area contributed by atoms with Crippen LogP contribution in [0.15, 0.2) is 0 Å². The molecule has 18 heavy (non-hydrogen) atoms. The lowest BCUT2D eigenvalue weighted by Gasteiger charge is -2.27. The Morgan fingerprint density at radius 3 is 2.39 bits per heavy atom. The van der Waals surface area contributed by atoms with Crippen molar-refractivity contribution in [2.45, 2.75) is 39.7 Å². The lowest BCUT2D eigenvalue weighted by molar-refractivity contribution is -0.126. The minimum Gasteiger partial charge on any atom is -0.395 e. The summed E-state index contributed by atoms with van der Waals surface area (Å²) in [7, 11) is 0. The number of amides is 1. The molecule has 1 amide bonds. The van der Waals surface area contributed by atoms with Crippen LogP contribution >= 0.6 is 0 Å². The number of carbonyl (C=O) groups excluding carboxylic acids is 1. The highest BCUT2D eigenvalue weighted by molar-refractivity contribution is 5.81. The van der Waals surface area contributed by atoms with E-state index in [9.17, 15) is 13.6 Å². The Bertz CT molecular complexity index is 238. The molecule has 4 nitrogen and oxygen atoms in total. The summed E-state index contributed by atoms with van der Waals surface area (Å²) in [4.78, 5) is 13.0. The van der Waals surface area contributed by atoms with Crippen LogP contribution in [0.4, 0.5) is 8.78 Å². The smallest absolute Gasteiger partial charge is 0.251 e. The first kappa shape index (κ1) is 17.2. The Morgan fingerprint density at radius 1 is 1.33 bits per heavy atom. The summed E-state index contributed by atoms with van der Waals surface area (Å²) < 4.78 is 24.7. The summed E-state index contributed by atoms with van der Waals surface area (Å²) in [6.45, 7) is 5.54. The Hall–Kier alpha value is -0.750. The van der Waals surface area contributed by atoms with Crippen molar-refractivity contribution in [3.8, 4) is 0 Å². The molecule has 1 atom stereocenters. The molecule has 1 unspecified atom stereocenters. The summed E-state index contributed by atoms with van der Waals surface area (Å²) in [6, 6.07) is -0.654. The first-order valence-corrected chi connectivity index (χ1v) is 6.29. The van der Waals surface area contributed by atoms with Crippen LogP contribution in [0.2, 0.25) is 0 Å². The first-order valence-electron chi connectivity index (χ1n) is 6.29. The van der Waals surface area contributed by atoms with E-state index in [4.69, 9.17) is 5.11 Å². The van der Waals surface area contributed by atoms with Crippen molar-refractivity contribution in [1.82, 2.24) is 10.2 Å². The largest absolute Gasteiger partial charge is 0.395 e. The number of nitrogens with zero attached hydrogens (tertiary/aromatic N) is 1. The van der Waals surface area contributed by atoms with Crippen molar-refractivity contribution in [2.75, 3.05) is 26.2 Å². The van der Waals surface area contributed by atoms with Gasteiger partial charge in [0.05, 0.1) is 19.2 Å². The third kappa shape index (κ3) is 7.55. The fraction of sp³-hybridized carbons (Fsp3) is 0.917. The van der Waals surface area contributed by atoms with Crippen LogP contribution in [0, 0.1) is 5.92 Å². The molecule has 0 aromatic rings. The zero-order valence-electron chi connectivity index (χ0n) is 11.3. The molecule has 0 aliphatic carbocycles. The van der Waals surface area contributed by atoms with Crippen LogP contribution < -0.4 is 5.32 Å². The maximum absolute atomic E-state index is 12.3. The van der Waals surface area contributed by atoms with Gasteiger partial charge in [0, 0.05) is 13.1 Å². The second kappa shape index (κ2) is 9.22. The molecule has 0 aliphatic rings. The molecule has 0 saturated heterocycles. The van der Waals surface area contributed by atoms with Gasteiger partial charge in [0.1, 0.15) is 0 Å². The van der Waals surface area contributed by atoms with Crippen LogP contribution in [0.3, 0.4) is 0 Å². The average Bonchev–Trinajstić information content (AvgIpc) is 2.26. The fourth-order valence-electron chi connectivity index (χ4n) is 1.55. The molecule has 0 spiro atoms. The van der Waals surface area contributed by atoms with Crippen molar-refractivity contribution in [3.63, 3.8) is 0 Å². The summed E-state index contributed by atoms with van der Waals surface area (Å²) >= 11 is 0. The molecule has 0 aromatic heterocycles. The van der Waals surface area contributed by atoms with E-state index in [1.807, 2.05) is 13.8 Å². The number of halogens is 2. The summed E-state index contributed by atoms with van der Waals surface area (Å²) in [5.74, 6) is 0.208. The number of alkyl halides is 2. The lowest BCUT2D eigenvalue weighted by atomic mass is 10.1. The fourth-order valence-corrected chi connectivity index (χ4v) is 1.55. The highest BCUT2D eigenvalue weighted by Gasteiger charge is 2.23. The van der Waals surface area contributed by atoms with Gasteiger partial charge in [0.2, 0.25) is 5.91 Å². The second-order valence-electron chi connectivity index (χ2n) is 4.76. The highest BCUT2D eigenvalue weighted by Crippen LogP contribution is 2.04. The van der Waals surface area contributed by atoms with Crippen molar-refractivity contribution in [3.05, 3.63) is 0 Å². The number of aliphatic hydroxyl groups excluding tert-OH is 1. The number of nitrogens with one attached hydrogen (secondary N) is 1. The predicted octanol–water partition coefficient (Wildman–Crippen LogP) is 1.10. The lowest BCUT2D eigenvalue weighted by Crippen LogP contribution is -2.48. The number of rotatable bonds is 9. The third-order valence-electron chi connectivity index (χ3n) is 2.71. The van der Waals surface area contributed by atoms with Crippen LogP contribution in [0.5, 0.6) is 0 Å². The second-order valence-corrected chi connectivity index (χ2v) is 4.76. The molecule has 0 saturated carbocycles. The van der Waals surface area contributed by atoms with Crippen LogP contribution in [0.1, 0.15) is 27.2 Å². The quantitative estimate of drug-likeness (QED) is 0.657. The Labute approximate surface area is 107 Å². The van der Waals surface area contributed by atoms with Crippen molar-refractivity contribution < 1.29 is 18.7 Å². The van der Waals surface area contributed by atoms with Crippen molar-refractivity contribution in [1.29, 1.82) is 0 Å². The van der Waals surface area contributed by atoms with E-state index in [-0.39, 0.29) is 19.1 Å². The van der Waals surface area contributed by atoms with E-state index in [1.165, 1.54) is 4.90 Å². The van der Waals surface area contributed by atoms with Crippen molar-refractivity contribution in [2.24, 2.45) is 5.92 Å². The van der Waals surface area contributed by atoms with Gasteiger partial charge >= 0.3 is 0 Å². The minimum atomic E-state index is -2.51. The molecular formula is C12H24F2N2O2. The molecule has 0 radical (unpaired) electrons. The number of carbonyl (C=O) groups is 1. The van der Waals surface area contributed by atoms with E-state index < -0.39 is 19.0 Å². The summed E-state index contributed by atoms with van der Waals surface area (Å²) in [6.07, 6.45) is -1.66. The number of hydrogen-bond donors (Lipinski definition) is 2. The molecular weight excluding hydrogens is 242 g/mol. The normalized spacial score (nSPS) is 13.4. The Kier molecular flexibility index (Phi) is 8.83. The molecule has 108 valence electrons. The van der Waals surface area contributed by atoms with Gasteiger partial charge in [-0.05, 0) is 19.3 Å². The number of hydrogen-bond acceptors (Lipinski definition) is 3. The molecule has 0 aliphatic heterocycles. The SMILES string of the molecule is CC(C)CCNC(=O)C(C)N(CCO)CC(F)F. The van der Waals surface area contributed by atoms with Crippen LogP contribution in [-0.4, -0.2) is 54.6 Å². The average molecular weight is 266 g/mol. The third-order valence-corrected chi connectivity index (χ3v) is 2.71. The van der Waals surface area contributed by atoms with Gasteiger partial charge in [0.25, 0.3) is 6.43 Å². The van der Waals surface area contributed by atoms with E-state index in [1.54, 1.807) is 6.92 Å². The predicted molar refractivity (Wildman–Crippen MR) is 66.6 cm³/mol. The minimum absolute atomic E-state index is 0.0725. The van der Waals surface area contributed by atoms with Gasteiger partial charge in [-0.2, -0.15) is 0 Å². The van der Waals surface area contributed by atoms with E-state index in [0.717, 1.165) is 6.42 Å². The number of aliphatic hydroxyl groups is 1. The van der Waals surface area contributed by atoms with Gasteiger partial charge in [-0.3, -0.25) is 9.69 Å². The van der Waals surface area contributed by atoms with Crippen LogP contribution in [-0.2, 0) is 4.79 Å². The zero-order chi connectivity index (χ0) is 14.1. The van der Waals surface area contributed by atoms with Crippen molar-refractivity contribution >= 4 is 5.91 Å². The molecule has 0 bridgehead atoms. The van der Waals surface area contributed by atoms with Gasteiger partial charge in [0.15, 0.2) is 0 Å². The standard InChI is InChI=1S/C12H24F2N2O2/c1-9(2)4-5-15-12(18)10(3)16(6-7-17)8-11(13)14/h9-11,17H,4-8H2,1-3H3,(H,15,18). The summed E-state index contributed by atoms with van der Waals surface area (Å²) in [5, 5.41) is 11.5. The highest BCUT2D eigenvalue weighted by atomic mass is 19.3. The van der Waals surface area contributed by atoms with Gasteiger partial charge in [-0.15, -0.1) is 0 Å². The van der Waals surface area contributed by atoms with Crippen LogP contribution in [0.25, 0.3) is 0 Å². The molecule has 0 aromatic carbocycles. The first-order chi connectivity index (χ1) is 8.38. The monoisotopic (exact) mass is 266 g/mol. The van der Waals surface area contributed by atoms with Gasteiger partial charge in [-0.25, -0.2) is 8.78 Å². The summed E-state index contributed by atoms with van der Waals surface area (Å²) in [5.41, 5.74) is 0. The Balaban J connectivity index is 4.19. The molecule has 6 heteroatoms. The van der Waals surface area contributed by atoms with Gasteiger partial charge < -0.3 is 10.4 Å². The maximum Gasteiger partial charge on any atom is 0.251 e. The Morgan fingerprint density at radius 2 is 1.94 bits per heavy atom. The van der Waals surface area contributed by atoms with Gasteiger partial charge in [-0.1, -0.05) is 13.8 Å². The molecule has 0 rings (SSSR count). The molecule has 0 heterocycles. The zero-order valence-corrected chi connectivity index (χ0v) is 11.3. The molecule has 0 fully saturated rings. The van der Waals surface area contributed by atoms with E-state index in [0.29, 0.717) is 12.5 Å².